The maximum Gasteiger partial charge on any atom is 0.319 e. The van der Waals surface area contributed by atoms with Gasteiger partial charge in [-0.1, -0.05) is 32.9 Å². The van der Waals surface area contributed by atoms with E-state index in [0.29, 0.717) is 17.2 Å². The molecular weight excluding hydrogens is 472 g/mol. The highest BCUT2D eigenvalue weighted by atomic mass is 79.9. The van der Waals surface area contributed by atoms with E-state index in [1.807, 2.05) is 0 Å². The Morgan fingerprint density at radius 3 is 2.13 bits per heavy atom. The van der Waals surface area contributed by atoms with Crippen LogP contribution in [0.3, 0.4) is 0 Å². The Morgan fingerprint density at radius 2 is 1.63 bits per heavy atom. The fourth-order valence-corrected chi connectivity index (χ4v) is 3.81. The average Bonchev–Trinajstić information content (AvgIpc) is 2.64. The lowest BCUT2D eigenvalue weighted by Gasteiger charge is -2.38. The molecule has 0 fully saturated rings. The maximum atomic E-state index is 14.0. The van der Waals surface area contributed by atoms with Crippen molar-refractivity contribution in [2.75, 3.05) is 18.6 Å². The molecule has 0 aromatic heterocycles. The zero-order chi connectivity index (χ0) is 22.7. The fraction of sp³-hybridized carbons (Fsp3) is 0.409. The normalized spacial score (nSPS) is 12.4. The van der Waals surface area contributed by atoms with Crippen LogP contribution in [0.1, 0.15) is 31.1 Å². The minimum Gasteiger partial charge on any atom is -0.542 e. The van der Waals surface area contributed by atoms with Crippen LogP contribution in [-0.4, -0.2) is 32.7 Å². The number of rotatable bonds is 7. The largest absolute Gasteiger partial charge is 0.542 e. The lowest BCUT2D eigenvalue weighted by molar-refractivity contribution is 0.0904. The van der Waals surface area contributed by atoms with Gasteiger partial charge in [-0.2, -0.15) is 8.78 Å². The molecule has 164 valence electrons. The molecule has 0 saturated heterocycles. The summed E-state index contributed by atoms with van der Waals surface area (Å²) < 4.78 is 39.5. The van der Waals surface area contributed by atoms with Crippen LogP contribution in [0.4, 0.5) is 14.5 Å². The van der Waals surface area contributed by atoms with Crippen molar-refractivity contribution in [3.63, 3.8) is 0 Å². The van der Waals surface area contributed by atoms with Crippen molar-refractivity contribution in [3.05, 3.63) is 54.1 Å². The topological polar surface area (TPSA) is 38.8 Å². The van der Waals surface area contributed by atoms with E-state index in [1.54, 1.807) is 48.5 Å². The number of methoxy groups -OCH3 is 1. The lowest BCUT2D eigenvalue weighted by Crippen LogP contribution is -2.45. The zero-order valence-electron chi connectivity index (χ0n) is 18.1. The number of nitrogens with zero attached hydrogens (tertiary/aromatic N) is 1. The van der Waals surface area contributed by atoms with E-state index in [-0.39, 0.29) is 10.6 Å². The number of hydrogen-bond donors (Lipinski definition) is 0. The van der Waals surface area contributed by atoms with Gasteiger partial charge < -0.3 is 9.16 Å². The summed E-state index contributed by atoms with van der Waals surface area (Å²) in [6.45, 7) is 9.57. The van der Waals surface area contributed by atoms with Crippen LogP contribution in [0.15, 0.2) is 48.5 Å². The van der Waals surface area contributed by atoms with Gasteiger partial charge in [-0.15, -0.1) is 0 Å². The van der Waals surface area contributed by atoms with Crippen molar-refractivity contribution < 1.29 is 22.7 Å². The van der Waals surface area contributed by atoms with Gasteiger partial charge in [0.2, 0.25) is 0 Å². The van der Waals surface area contributed by atoms with E-state index in [2.05, 4.69) is 49.8 Å². The summed E-state index contributed by atoms with van der Waals surface area (Å²) in [6.07, 6.45) is 0. The molecule has 2 aromatic rings. The first-order valence-corrected chi connectivity index (χ1v) is 13.3. The lowest BCUT2D eigenvalue weighted by atomic mass is 10.1. The quantitative estimate of drug-likeness (QED) is 0.313. The van der Waals surface area contributed by atoms with Gasteiger partial charge in [0.25, 0.3) is 14.2 Å². The maximum absolute atomic E-state index is 14.0. The van der Waals surface area contributed by atoms with Crippen molar-refractivity contribution >= 4 is 35.8 Å². The van der Waals surface area contributed by atoms with Gasteiger partial charge in [0.1, 0.15) is 18.0 Å². The number of amides is 1. The summed E-state index contributed by atoms with van der Waals surface area (Å²) in [4.78, 5) is 11.0. The Hall–Kier alpha value is -1.93. The molecule has 0 unspecified atom stereocenters. The highest BCUT2D eigenvalue weighted by Gasteiger charge is 2.40. The molecule has 2 aromatic carbocycles. The molecule has 0 N–H and O–H groups in total. The summed E-state index contributed by atoms with van der Waals surface area (Å²) in [7, 11) is -0.745. The van der Waals surface area contributed by atoms with Gasteiger partial charge in [0, 0.05) is 5.56 Å². The smallest absolute Gasteiger partial charge is 0.319 e. The number of benzene rings is 2. The highest BCUT2D eigenvalue weighted by molar-refractivity contribution is 9.10. The van der Waals surface area contributed by atoms with Crippen molar-refractivity contribution in [2.45, 2.75) is 43.7 Å². The third-order valence-corrected chi connectivity index (χ3v) is 9.84. The second kappa shape index (κ2) is 9.06. The molecule has 0 radical (unpaired) electrons. The minimum absolute atomic E-state index is 0.0930. The van der Waals surface area contributed by atoms with Gasteiger partial charge in [-0.25, -0.2) is 0 Å². The van der Waals surface area contributed by atoms with Crippen LogP contribution in [0.25, 0.3) is 0 Å². The molecule has 0 atom stereocenters. The fourth-order valence-electron chi connectivity index (χ4n) is 2.53. The molecule has 2 rings (SSSR count). The van der Waals surface area contributed by atoms with Crippen LogP contribution >= 0.6 is 15.9 Å². The number of carbonyl (C=O) groups excluding carboxylic acids is 1. The summed E-state index contributed by atoms with van der Waals surface area (Å²) in [6, 6.07) is 13.2. The Balaban J connectivity index is 2.51. The first kappa shape index (κ1) is 24.3. The Kier molecular flexibility index (Phi) is 7.35. The molecule has 0 bridgehead atoms. The SMILES string of the molecule is COc1ccc(C(=O)N(CC(F)(F)Br)c2ccccc2O[Si](C)(C)C(C)(C)C)cc1. The number of carbonyl (C=O) groups is 1. The van der Waals surface area contributed by atoms with Crippen LogP contribution in [0.2, 0.25) is 18.1 Å². The van der Waals surface area contributed by atoms with E-state index < -0.39 is 25.6 Å². The third kappa shape index (κ3) is 6.04. The second-order valence-electron chi connectivity index (χ2n) is 8.57. The molecule has 4 nitrogen and oxygen atoms in total. The van der Waals surface area contributed by atoms with Gasteiger partial charge in [-0.05, 0) is 70.5 Å². The van der Waals surface area contributed by atoms with Gasteiger partial charge >= 0.3 is 4.83 Å². The second-order valence-corrected chi connectivity index (χ2v) is 14.5. The van der Waals surface area contributed by atoms with Crippen molar-refractivity contribution in [1.82, 2.24) is 0 Å². The van der Waals surface area contributed by atoms with E-state index >= 15 is 0 Å². The number of ether oxygens (including phenoxy) is 1. The molecule has 0 aliphatic heterocycles. The van der Waals surface area contributed by atoms with Crippen molar-refractivity contribution in [2.24, 2.45) is 0 Å². The van der Waals surface area contributed by atoms with Crippen LogP contribution < -0.4 is 14.1 Å². The van der Waals surface area contributed by atoms with Crippen molar-refractivity contribution in [1.29, 1.82) is 0 Å². The number of halogens is 3. The van der Waals surface area contributed by atoms with E-state index in [1.165, 1.54) is 7.11 Å². The summed E-state index contributed by atoms with van der Waals surface area (Å²) in [5.74, 6) is 0.441. The van der Waals surface area contributed by atoms with E-state index in [9.17, 15) is 13.6 Å². The van der Waals surface area contributed by atoms with E-state index in [0.717, 1.165) is 4.90 Å². The van der Waals surface area contributed by atoms with Crippen molar-refractivity contribution in [3.8, 4) is 11.5 Å². The first-order chi connectivity index (χ1) is 13.7. The summed E-state index contributed by atoms with van der Waals surface area (Å²) >= 11 is 2.38. The standard InChI is InChI=1S/C22H28BrF2NO3Si/c1-21(2,3)30(5,6)29-19-10-8-7-9-18(19)26(15-22(23,24)25)20(27)16-11-13-17(28-4)14-12-16/h7-14H,15H2,1-6H3. The molecule has 0 spiro atoms. The average molecular weight is 500 g/mol. The molecule has 0 aliphatic carbocycles. The number of para-hydroxylation sites is 2. The predicted octanol–water partition coefficient (Wildman–Crippen LogP) is 6.71. The first-order valence-electron chi connectivity index (χ1n) is 9.56. The molecule has 1 amide bonds. The third-order valence-electron chi connectivity index (χ3n) is 5.25. The highest BCUT2D eigenvalue weighted by Crippen LogP contribution is 2.41. The molecule has 8 heteroatoms. The Morgan fingerprint density at radius 1 is 1.07 bits per heavy atom. The number of alkyl halides is 3. The van der Waals surface area contributed by atoms with Crippen LogP contribution in [0, 0.1) is 0 Å². The predicted molar refractivity (Wildman–Crippen MR) is 123 cm³/mol. The van der Waals surface area contributed by atoms with Gasteiger partial charge in [0.05, 0.1) is 12.8 Å². The Bertz CT molecular complexity index is 877. The van der Waals surface area contributed by atoms with E-state index in [4.69, 9.17) is 9.16 Å². The van der Waals surface area contributed by atoms with Crippen LogP contribution in [0.5, 0.6) is 11.5 Å². The zero-order valence-corrected chi connectivity index (χ0v) is 20.7. The minimum atomic E-state index is -3.26. The molecule has 30 heavy (non-hydrogen) atoms. The molecule has 0 aliphatic rings. The molecule has 0 saturated carbocycles. The number of anilines is 1. The summed E-state index contributed by atoms with van der Waals surface area (Å²) in [5, 5.41) is -0.0930. The van der Waals surface area contributed by atoms with Gasteiger partial charge in [0.15, 0.2) is 0 Å². The monoisotopic (exact) mass is 499 g/mol. The molecule has 0 heterocycles. The number of hydrogen-bond acceptors (Lipinski definition) is 3. The molecular formula is C22H28BrF2NO3Si. The van der Waals surface area contributed by atoms with Crippen LogP contribution in [-0.2, 0) is 0 Å². The summed E-state index contributed by atoms with van der Waals surface area (Å²) in [5.41, 5.74) is 0.581. The van der Waals surface area contributed by atoms with Gasteiger partial charge in [-0.3, -0.25) is 9.69 Å². The Labute approximate surface area is 186 Å².